The van der Waals surface area contributed by atoms with Gasteiger partial charge in [0.25, 0.3) is 5.69 Å². The van der Waals surface area contributed by atoms with E-state index in [9.17, 15) is 14.9 Å². The van der Waals surface area contributed by atoms with Crippen molar-refractivity contribution in [1.29, 1.82) is 0 Å². The largest absolute Gasteiger partial charge is 0.467 e. The van der Waals surface area contributed by atoms with Crippen LogP contribution in [0.1, 0.15) is 25.1 Å². The number of esters is 1. The van der Waals surface area contributed by atoms with Crippen molar-refractivity contribution in [2.24, 2.45) is 0 Å². The number of nitro benzene ring substituents is 1. The summed E-state index contributed by atoms with van der Waals surface area (Å²) in [6.07, 6.45) is 0. The van der Waals surface area contributed by atoms with Gasteiger partial charge < -0.3 is 9.47 Å². The number of benzene rings is 2. The highest BCUT2D eigenvalue weighted by atomic mass is 35.5. The number of carbonyl (C=O) groups excluding carboxylic acids is 1. The second-order valence-electron chi connectivity index (χ2n) is 7.37. The van der Waals surface area contributed by atoms with Gasteiger partial charge in [0.15, 0.2) is 5.60 Å². The van der Waals surface area contributed by atoms with E-state index in [4.69, 9.17) is 21.1 Å². The molecule has 31 heavy (non-hydrogen) atoms. The van der Waals surface area contributed by atoms with Gasteiger partial charge in [0, 0.05) is 22.7 Å². The summed E-state index contributed by atoms with van der Waals surface area (Å²) < 4.78 is 12.2. The van der Waals surface area contributed by atoms with Crippen molar-refractivity contribution in [1.82, 2.24) is 9.78 Å². The molecule has 8 nitrogen and oxygen atoms in total. The average Bonchev–Trinajstić information content (AvgIpc) is 3.16. The van der Waals surface area contributed by atoms with Crippen LogP contribution in [0.4, 0.5) is 5.69 Å². The first-order valence-corrected chi connectivity index (χ1v) is 9.86. The van der Waals surface area contributed by atoms with E-state index >= 15 is 0 Å². The minimum atomic E-state index is -1.15. The summed E-state index contributed by atoms with van der Waals surface area (Å²) in [4.78, 5) is 22.7. The van der Waals surface area contributed by atoms with Crippen molar-refractivity contribution >= 4 is 23.3 Å². The maximum absolute atomic E-state index is 11.9. The molecule has 0 radical (unpaired) electrons. The Morgan fingerprint density at radius 2 is 1.94 bits per heavy atom. The van der Waals surface area contributed by atoms with Crippen LogP contribution >= 0.6 is 11.6 Å². The highest BCUT2D eigenvalue weighted by molar-refractivity contribution is 6.31. The summed E-state index contributed by atoms with van der Waals surface area (Å²) in [6, 6.07) is 15.5. The maximum atomic E-state index is 11.9. The minimum Gasteiger partial charge on any atom is -0.467 e. The standard InChI is InChI=1S/C22H22ClN3O5/c1-22(2,21(27)30-3)31-14-17-12-20(15-8-6-9-18(11-15)26(28)29)25(24-17)13-16-7-4-5-10-19(16)23/h4-12H,13-14H2,1-3H3. The van der Waals surface area contributed by atoms with Gasteiger partial charge in [0.05, 0.1) is 36.6 Å². The second-order valence-corrected chi connectivity index (χ2v) is 7.78. The van der Waals surface area contributed by atoms with E-state index in [1.54, 1.807) is 42.8 Å². The van der Waals surface area contributed by atoms with E-state index in [1.807, 2.05) is 18.2 Å². The third kappa shape index (κ3) is 5.28. The fraction of sp³-hybridized carbons (Fsp3) is 0.273. The van der Waals surface area contributed by atoms with Crippen molar-refractivity contribution in [2.45, 2.75) is 32.6 Å². The van der Waals surface area contributed by atoms with E-state index in [2.05, 4.69) is 5.10 Å². The van der Waals surface area contributed by atoms with Crippen molar-refractivity contribution in [2.75, 3.05) is 7.11 Å². The van der Waals surface area contributed by atoms with Crippen LogP contribution < -0.4 is 0 Å². The number of hydrogen-bond acceptors (Lipinski definition) is 6. The van der Waals surface area contributed by atoms with Gasteiger partial charge in [-0.1, -0.05) is 41.9 Å². The monoisotopic (exact) mass is 443 g/mol. The van der Waals surface area contributed by atoms with Gasteiger partial charge in [0.2, 0.25) is 0 Å². The van der Waals surface area contributed by atoms with Crippen molar-refractivity contribution in [3.05, 3.63) is 81.0 Å². The predicted octanol–water partition coefficient (Wildman–Crippen LogP) is 4.63. The molecule has 0 unspecified atom stereocenters. The molecule has 0 saturated heterocycles. The Balaban J connectivity index is 1.97. The first kappa shape index (κ1) is 22.5. The third-order valence-electron chi connectivity index (χ3n) is 4.72. The number of nitrogens with zero attached hydrogens (tertiary/aromatic N) is 3. The molecular formula is C22H22ClN3O5. The van der Waals surface area contributed by atoms with Gasteiger partial charge in [-0.05, 0) is 31.5 Å². The predicted molar refractivity (Wildman–Crippen MR) is 116 cm³/mol. The van der Waals surface area contributed by atoms with Crippen LogP contribution in [0.5, 0.6) is 0 Å². The van der Waals surface area contributed by atoms with E-state index < -0.39 is 16.5 Å². The molecule has 0 spiro atoms. The van der Waals surface area contributed by atoms with Crippen LogP contribution in [0.15, 0.2) is 54.6 Å². The zero-order chi connectivity index (χ0) is 22.6. The van der Waals surface area contributed by atoms with Gasteiger partial charge in [-0.15, -0.1) is 0 Å². The maximum Gasteiger partial charge on any atom is 0.337 e. The zero-order valence-corrected chi connectivity index (χ0v) is 18.1. The average molecular weight is 444 g/mol. The Morgan fingerprint density at radius 3 is 2.61 bits per heavy atom. The van der Waals surface area contributed by atoms with E-state index in [0.717, 1.165) is 5.56 Å². The summed E-state index contributed by atoms with van der Waals surface area (Å²) in [5.74, 6) is -0.498. The van der Waals surface area contributed by atoms with Crippen LogP contribution in [0.25, 0.3) is 11.3 Å². The Labute approximate surface area is 184 Å². The van der Waals surface area contributed by atoms with Gasteiger partial charge in [-0.3, -0.25) is 14.8 Å². The van der Waals surface area contributed by atoms with E-state index in [1.165, 1.54) is 19.2 Å². The molecule has 3 rings (SSSR count). The molecule has 1 aromatic heterocycles. The van der Waals surface area contributed by atoms with Crippen molar-refractivity contribution in [3.63, 3.8) is 0 Å². The number of halogens is 1. The molecule has 0 aliphatic rings. The molecule has 0 bridgehead atoms. The molecular weight excluding hydrogens is 422 g/mol. The van der Waals surface area contributed by atoms with E-state index in [-0.39, 0.29) is 12.3 Å². The molecule has 1 heterocycles. The van der Waals surface area contributed by atoms with Crippen LogP contribution in [0.3, 0.4) is 0 Å². The number of carbonyl (C=O) groups is 1. The van der Waals surface area contributed by atoms with Gasteiger partial charge >= 0.3 is 5.97 Å². The van der Waals surface area contributed by atoms with Gasteiger partial charge in [-0.25, -0.2) is 4.79 Å². The second kappa shape index (κ2) is 9.28. The van der Waals surface area contributed by atoms with Crippen molar-refractivity contribution < 1.29 is 19.2 Å². The van der Waals surface area contributed by atoms with E-state index in [0.29, 0.717) is 28.5 Å². The summed E-state index contributed by atoms with van der Waals surface area (Å²) in [7, 11) is 1.30. The molecule has 0 aliphatic carbocycles. The third-order valence-corrected chi connectivity index (χ3v) is 5.09. The molecule has 0 atom stereocenters. The highest BCUT2D eigenvalue weighted by Gasteiger charge is 2.30. The lowest BCUT2D eigenvalue weighted by atomic mass is 10.1. The Hall–Kier alpha value is -3.23. The number of hydrogen-bond donors (Lipinski definition) is 0. The highest BCUT2D eigenvalue weighted by Crippen LogP contribution is 2.27. The molecule has 9 heteroatoms. The number of ether oxygens (including phenoxy) is 2. The van der Waals surface area contributed by atoms with Gasteiger partial charge in [0.1, 0.15) is 0 Å². The number of rotatable bonds is 8. The molecule has 0 amide bonds. The molecule has 0 aliphatic heterocycles. The zero-order valence-electron chi connectivity index (χ0n) is 17.4. The Kier molecular flexibility index (Phi) is 6.72. The summed E-state index contributed by atoms with van der Waals surface area (Å²) in [5, 5.41) is 16.4. The van der Waals surface area contributed by atoms with Crippen molar-refractivity contribution in [3.8, 4) is 11.3 Å². The smallest absolute Gasteiger partial charge is 0.337 e. The first-order valence-electron chi connectivity index (χ1n) is 9.48. The lowest BCUT2D eigenvalue weighted by Gasteiger charge is -2.21. The van der Waals surface area contributed by atoms with Crippen LogP contribution in [-0.4, -0.2) is 33.4 Å². The normalized spacial score (nSPS) is 11.4. The fourth-order valence-electron chi connectivity index (χ4n) is 3.02. The molecule has 2 aromatic carbocycles. The quantitative estimate of drug-likeness (QED) is 0.286. The molecule has 0 fully saturated rings. The molecule has 0 N–H and O–H groups in total. The number of aromatic nitrogens is 2. The lowest BCUT2D eigenvalue weighted by Crippen LogP contribution is -2.35. The lowest BCUT2D eigenvalue weighted by molar-refractivity contribution is -0.384. The molecule has 3 aromatic rings. The topological polar surface area (TPSA) is 96.5 Å². The number of methoxy groups -OCH3 is 1. The number of non-ortho nitro benzene ring substituents is 1. The van der Waals surface area contributed by atoms with Crippen LogP contribution in [0.2, 0.25) is 5.02 Å². The molecule has 0 saturated carbocycles. The van der Waals surface area contributed by atoms with Gasteiger partial charge in [-0.2, -0.15) is 5.10 Å². The molecule has 162 valence electrons. The van der Waals surface area contributed by atoms with Crippen LogP contribution in [0, 0.1) is 10.1 Å². The minimum absolute atomic E-state index is 0.0207. The Bertz CT molecular complexity index is 1110. The Morgan fingerprint density at radius 1 is 1.19 bits per heavy atom. The van der Waals surface area contributed by atoms with Crippen LogP contribution in [-0.2, 0) is 27.4 Å². The summed E-state index contributed by atoms with van der Waals surface area (Å²) in [6.45, 7) is 3.64. The SMILES string of the molecule is COC(=O)C(C)(C)OCc1cc(-c2cccc([N+](=O)[O-])c2)n(Cc2ccccc2Cl)n1. The summed E-state index contributed by atoms with van der Waals surface area (Å²) >= 11 is 6.31. The fourth-order valence-corrected chi connectivity index (χ4v) is 3.21. The first-order chi connectivity index (χ1) is 14.7. The summed E-state index contributed by atoms with van der Waals surface area (Å²) in [5.41, 5.74) is 1.54. The number of nitro groups is 1.